The molecule has 1 aromatic heterocycles. The highest BCUT2D eigenvalue weighted by molar-refractivity contribution is 9.10. The lowest BCUT2D eigenvalue weighted by Gasteiger charge is -1.68. The number of carbonyl (C=O) groups excluding carboxylic acids is 1. The predicted octanol–water partition coefficient (Wildman–Crippen LogP) is 2.93. The monoisotopic (exact) mass is 238 g/mol. The maximum Gasteiger partial charge on any atom is 0.173 e. The van der Waals surface area contributed by atoms with E-state index in [0.717, 1.165) is 0 Å². The van der Waals surface area contributed by atoms with Gasteiger partial charge in [-0.3, -0.25) is 4.79 Å². The normalized spacial score (nSPS) is 7.90. The molecule has 0 unspecified atom stereocenters. The number of hydrogen-bond acceptors (Lipinski definition) is 2. The van der Waals surface area contributed by atoms with Crippen LogP contribution in [0.5, 0.6) is 0 Å². The molecule has 1 heterocycles. The van der Waals surface area contributed by atoms with Crippen molar-refractivity contribution in [2.75, 3.05) is 0 Å². The molecule has 1 aromatic rings. The standard InChI is InChI=1S/C5H5BrS.CH2OS/c1-4-2-5(6)3-7-4;2-1-3/h2-3H,1H3;1H,(H,2,3). The van der Waals surface area contributed by atoms with Crippen LogP contribution >= 0.6 is 39.9 Å². The zero-order valence-corrected chi connectivity index (χ0v) is 8.67. The van der Waals surface area contributed by atoms with Gasteiger partial charge in [0, 0.05) is 14.7 Å². The van der Waals surface area contributed by atoms with Crippen molar-refractivity contribution in [1.82, 2.24) is 0 Å². The van der Waals surface area contributed by atoms with E-state index < -0.39 is 0 Å². The molecule has 0 saturated carbocycles. The Morgan fingerprint density at radius 3 is 2.40 bits per heavy atom. The van der Waals surface area contributed by atoms with Crippen molar-refractivity contribution in [1.29, 1.82) is 0 Å². The first-order chi connectivity index (χ1) is 4.70. The molecule has 0 N–H and O–H groups in total. The fourth-order valence-corrected chi connectivity index (χ4v) is 1.75. The Kier molecular flexibility index (Phi) is 6.06. The Hall–Kier alpha value is 0.200. The van der Waals surface area contributed by atoms with Crippen LogP contribution < -0.4 is 0 Å². The minimum atomic E-state index is 0.444. The lowest BCUT2D eigenvalue weighted by Crippen LogP contribution is -1.46. The van der Waals surface area contributed by atoms with Gasteiger partial charge in [-0.25, -0.2) is 0 Å². The van der Waals surface area contributed by atoms with Crippen molar-refractivity contribution in [3.8, 4) is 0 Å². The third-order valence-corrected chi connectivity index (χ3v) is 2.32. The number of hydrogen-bond donors (Lipinski definition) is 1. The second kappa shape index (κ2) is 5.95. The minimum absolute atomic E-state index is 0.444. The Balaban J connectivity index is 0.000000236. The van der Waals surface area contributed by atoms with Crippen molar-refractivity contribution < 1.29 is 4.79 Å². The van der Waals surface area contributed by atoms with Crippen molar-refractivity contribution in [3.63, 3.8) is 0 Å². The van der Waals surface area contributed by atoms with Crippen molar-refractivity contribution >= 4 is 45.5 Å². The molecule has 0 atom stereocenters. The summed E-state index contributed by atoms with van der Waals surface area (Å²) in [7, 11) is 0. The van der Waals surface area contributed by atoms with E-state index >= 15 is 0 Å². The van der Waals surface area contributed by atoms with E-state index in [4.69, 9.17) is 4.79 Å². The second-order valence-corrected chi connectivity index (χ2v) is 3.72. The second-order valence-electron chi connectivity index (χ2n) is 1.48. The van der Waals surface area contributed by atoms with Gasteiger partial charge in [0.05, 0.1) is 0 Å². The SMILES string of the molecule is Cc1cc(Br)cs1.O=CS. The first-order valence-corrected chi connectivity index (χ1v) is 4.68. The number of thiol groups is 1. The van der Waals surface area contributed by atoms with Crippen LogP contribution in [0.3, 0.4) is 0 Å². The van der Waals surface area contributed by atoms with Gasteiger partial charge in [-0.1, -0.05) is 0 Å². The van der Waals surface area contributed by atoms with Gasteiger partial charge in [-0.2, -0.15) is 0 Å². The lowest BCUT2D eigenvalue weighted by atomic mass is 10.5. The minimum Gasteiger partial charge on any atom is -0.291 e. The number of halogens is 1. The molecule has 10 heavy (non-hydrogen) atoms. The third-order valence-electron chi connectivity index (χ3n) is 0.699. The molecule has 1 rings (SSSR count). The summed E-state index contributed by atoms with van der Waals surface area (Å²) >= 11 is 8.21. The van der Waals surface area contributed by atoms with Crippen LogP contribution in [0.2, 0.25) is 0 Å². The highest BCUT2D eigenvalue weighted by Crippen LogP contribution is 2.17. The number of aryl methyl sites for hydroxylation is 1. The van der Waals surface area contributed by atoms with Gasteiger partial charge in [0.15, 0.2) is 5.62 Å². The molecule has 0 bridgehead atoms. The zero-order valence-electron chi connectivity index (χ0n) is 5.37. The molecule has 0 aliphatic carbocycles. The molecular formula is C6H7BrOS2. The fourth-order valence-electron chi connectivity index (χ4n) is 0.411. The van der Waals surface area contributed by atoms with E-state index in [1.807, 2.05) is 0 Å². The number of rotatable bonds is 0. The Morgan fingerprint density at radius 1 is 1.80 bits per heavy atom. The Morgan fingerprint density at radius 2 is 2.30 bits per heavy atom. The molecule has 4 heteroatoms. The topological polar surface area (TPSA) is 17.1 Å². The molecule has 0 radical (unpaired) electrons. The molecular weight excluding hydrogens is 232 g/mol. The van der Waals surface area contributed by atoms with E-state index in [1.165, 1.54) is 9.35 Å². The highest BCUT2D eigenvalue weighted by atomic mass is 79.9. The predicted molar refractivity (Wildman–Crippen MR) is 52.5 cm³/mol. The third kappa shape index (κ3) is 5.02. The molecule has 1 nitrogen and oxygen atoms in total. The van der Waals surface area contributed by atoms with Crippen LogP contribution in [0.15, 0.2) is 15.9 Å². The molecule has 0 aliphatic heterocycles. The largest absolute Gasteiger partial charge is 0.291 e. The van der Waals surface area contributed by atoms with Gasteiger partial charge < -0.3 is 0 Å². The number of thiophene rings is 1. The van der Waals surface area contributed by atoms with Gasteiger partial charge in [0.2, 0.25) is 0 Å². The van der Waals surface area contributed by atoms with Gasteiger partial charge in [0.25, 0.3) is 0 Å². The van der Waals surface area contributed by atoms with Crippen LogP contribution in [0.4, 0.5) is 0 Å². The van der Waals surface area contributed by atoms with Crippen molar-refractivity contribution in [3.05, 3.63) is 20.8 Å². The van der Waals surface area contributed by atoms with E-state index in [9.17, 15) is 0 Å². The van der Waals surface area contributed by atoms with Crippen LogP contribution in [-0.4, -0.2) is 5.62 Å². The molecule has 0 spiro atoms. The maximum atomic E-state index is 8.67. The summed E-state index contributed by atoms with van der Waals surface area (Å²) < 4.78 is 1.19. The van der Waals surface area contributed by atoms with Crippen LogP contribution in [0.25, 0.3) is 0 Å². The summed E-state index contributed by atoms with van der Waals surface area (Å²) in [6.45, 7) is 2.09. The average Bonchev–Trinajstić information content (AvgIpc) is 2.17. The van der Waals surface area contributed by atoms with Crippen molar-refractivity contribution in [2.24, 2.45) is 0 Å². The van der Waals surface area contributed by atoms with Gasteiger partial charge in [-0.05, 0) is 28.9 Å². The zero-order chi connectivity index (χ0) is 7.98. The van der Waals surface area contributed by atoms with Crippen LogP contribution in [-0.2, 0) is 4.79 Å². The first kappa shape index (κ1) is 10.2. The van der Waals surface area contributed by atoms with Crippen molar-refractivity contribution in [2.45, 2.75) is 6.92 Å². The van der Waals surface area contributed by atoms with E-state index in [0.29, 0.717) is 5.62 Å². The molecule has 0 fully saturated rings. The smallest absolute Gasteiger partial charge is 0.173 e. The van der Waals surface area contributed by atoms with Crippen LogP contribution in [0.1, 0.15) is 4.88 Å². The quantitative estimate of drug-likeness (QED) is 0.544. The van der Waals surface area contributed by atoms with Gasteiger partial charge in [0.1, 0.15) is 0 Å². The Labute approximate surface area is 78.0 Å². The van der Waals surface area contributed by atoms with E-state index in [2.05, 4.69) is 46.9 Å². The molecule has 56 valence electrons. The lowest BCUT2D eigenvalue weighted by molar-refractivity contribution is 0.570. The molecule has 0 saturated heterocycles. The summed E-state index contributed by atoms with van der Waals surface area (Å²) in [6, 6.07) is 2.10. The summed E-state index contributed by atoms with van der Waals surface area (Å²) in [6.07, 6.45) is 0. The first-order valence-electron chi connectivity index (χ1n) is 2.49. The highest BCUT2D eigenvalue weighted by Gasteiger charge is 1.86. The summed E-state index contributed by atoms with van der Waals surface area (Å²) in [4.78, 5) is 10.0. The molecule has 0 aromatic carbocycles. The average molecular weight is 239 g/mol. The maximum absolute atomic E-state index is 8.67. The summed E-state index contributed by atoms with van der Waals surface area (Å²) in [5.41, 5.74) is 0.444. The van der Waals surface area contributed by atoms with E-state index in [1.54, 1.807) is 11.3 Å². The van der Waals surface area contributed by atoms with Gasteiger partial charge >= 0.3 is 0 Å². The molecule has 0 amide bonds. The molecule has 0 aliphatic rings. The number of carbonyl (C=O) groups is 1. The fraction of sp³-hybridized carbons (Fsp3) is 0.167. The van der Waals surface area contributed by atoms with Gasteiger partial charge in [-0.15, -0.1) is 24.0 Å². The van der Waals surface area contributed by atoms with Crippen LogP contribution in [0, 0.1) is 6.92 Å². The Bertz CT molecular complexity index is 181. The van der Waals surface area contributed by atoms with E-state index in [-0.39, 0.29) is 0 Å². The summed E-state index contributed by atoms with van der Waals surface area (Å²) in [5, 5.41) is 2.08. The summed E-state index contributed by atoms with van der Waals surface area (Å²) in [5.74, 6) is 0.